The van der Waals surface area contributed by atoms with Gasteiger partial charge in [0.15, 0.2) is 0 Å². The molecule has 0 spiro atoms. The van der Waals surface area contributed by atoms with Crippen molar-refractivity contribution in [2.45, 2.75) is 13.0 Å². The molecular formula is C24H19N3O. The minimum Gasteiger partial charge on any atom is -0.295 e. The van der Waals surface area contributed by atoms with E-state index in [1.807, 2.05) is 53.4 Å². The summed E-state index contributed by atoms with van der Waals surface area (Å²) < 4.78 is 0. The maximum absolute atomic E-state index is 13.3. The lowest BCUT2D eigenvalue weighted by atomic mass is 9.95. The van der Waals surface area contributed by atoms with Gasteiger partial charge in [0.05, 0.1) is 11.7 Å². The molecule has 0 bridgehead atoms. The molecule has 5 rings (SSSR count). The normalized spacial score (nSPS) is 15.7. The molecule has 4 heteroatoms. The van der Waals surface area contributed by atoms with Gasteiger partial charge in [0.2, 0.25) is 0 Å². The number of aromatic amines is 1. The molecule has 0 saturated heterocycles. The molecule has 1 aliphatic rings. The Morgan fingerprint density at radius 2 is 1.50 bits per heavy atom. The Kier molecular flexibility index (Phi) is 3.83. The Labute approximate surface area is 163 Å². The molecule has 0 aliphatic carbocycles. The minimum absolute atomic E-state index is 0.0547. The summed E-state index contributed by atoms with van der Waals surface area (Å²) >= 11 is 0. The lowest BCUT2D eigenvalue weighted by Crippen LogP contribution is -2.29. The van der Waals surface area contributed by atoms with Crippen molar-refractivity contribution in [1.29, 1.82) is 0 Å². The summed E-state index contributed by atoms with van der Waals surface area (Å²) in [7, 11) is 0. The van der Waals surface area contributed by atoms with Gasteiger partial charge < -0.3 is 0 Å². The number of nitrogens with zero attached hydrogens (tertiary/aromatic N) is 2. The van der Waals surface area contributed by atoms with Crippen molar-refractivity contribution in [2.24, 2.45) is 0 Å². The topological polar surface area (TPSA) is 49.0 Å². The van der Waals surface area contributed by atoms with E-state index in [2.05, 4.69) is 53.5 Å². The molecule has 136 valence electrons. The Balaban J connectivity index is 1.72. The summed E-state index contributed by atoms with van der Waals surface area (Å²) in [5, 5.41) is 7.53. The molecule has 0 unspecified atom stereocenters. The molecule has 4 nitrogen and oxygen atoms in total. The van der Waals surface area contributed by atoms with Crippen molar-refractivity contribution < 1.29 is 4.79 Å². The van der Waals surface area contributed by atoms with Crippen LogP contribution in [0.25, 0.3) is 11.3 Å². The molecular weight excluding hydrogens is 346 g/mol. The van der Waals surface area contributed by atoms with Gasteiger partial charge in [-0.2, -0.15) is 5.10 Å². The van der Waals surface area contributed by atoms with Gasteiger partial charge in [-0.1, -0.05) is 78.4 Å². The molecule has 0 fully saturated rings. The molecule has 1 amide bonds. The van der Waals surface area contributed by atoms with E-state index in [-0.39, 0.29) is 11.9 Å². The van der Waals surface area contributed by atoms with Crippen LogP contribution >= 0.6 is 0 Å². The summed E-state index contributed by atoms with van der Waals surface area (Å²) in [5.41, 5.74) is 6.46. The first-order valence-corrected chi connectivity index (χ1v) is 9.33. The first-order valence-electron chi connectivity index (χ1n) is 9.33. The molecule has 1 atom stereocenters. The van der Waals surface area contributed by atoms with Gasteiger partial charge in [0.1, 0.15) is 5.69 Å². The highest BCUT2D eigenvalue weighted by Crippen LogP contribution is 2.44. The molecule has 1 aliphatic heterocycles. The number of amides is 1. The highest BCUT2D eigenvalue weighted by atomic mass is 16.2. The summed E-state index contributed by atoms with van der Waals surface area (Å²) in [4.78, 5) is 15.2. The van der Waals surface area contributed by atoms with Crippen LogP contribution in [0.15, 0.2) is 84.9 Å². The van der Waals surface area contributed by atoms with Crippen LogP contribution in [0.3, 0.4) is 0 Å². The van der Waals surface area contributed by atoms with Crippen molar-refractivity contribution in [3.63, 3.8) is 0 Å². The fraction of sp³-hybridized carbons (Fsp3) is 0.0833. The third-order valence-electron chi connectivity index (χ3n) is 5.24. The molecule has 1 aromatic heterocycles. The van der Waals surface area contributed by atoms with Gasteiger partial charge in [-0.15, -0.1) is 0 Å². The first-order chi connectivity index (χ1) is 13.7. The number of H-pyrrole nitrogens is 1. The van der Waals surface area contributed by atoms with Crippen molar-refractivity contribution in [2.75, 3.05) is 4.90 Å². The second kappa shape index (κ2) is 6.50. The van der Waals surface area contributed by atoms with Crippen molar-refractivity contribution in [3.8, 4) is 11.3 Å². The van der Waals surface area contributed by atoms with Crippen molar-refractivity contribution in [3.05, 3.63) is 107 Å². The van der Waals surface area contributed by atoms with Crippen LogP contribution in [-0.4, -0.2) is 16.1 Å². The van der Waals surface area contributed by atoms with Crippen LogP contribution in [0, 0.1) is 6.92 Å². The van der Waals surface area contributed by atoms with Crippen molar-refractivity contribution in [1.82, 2.24) is 10.2 Å². The molecule has 2 heterocycles. The number of carbonyl (C=O) groups excluding carboxylic acids is 1. The Morgan fingerprint density at radius 1 is 0.857 bits per heavy atom. The van der Waals surface area contributed by atoms with Gasteiger partial charge in [-0.05, 0) is 24.6 Å². The molecule has 4 aromatic rings. The maximum atomic E-state index is 13.3. The molecule has 0 radical (unpaired) electrons. The second-order valence-electron chi connectivity index (χ2n) is 7.05. The number of nitrogens with one attached hydrogen (secondary N) is 1. The van der Waals surface area contributed by atoms with Crippen LogP contribution in [0.4, 0.5) is 5.69 Å². The zero-order valence-electron chi connectivity index (χ0n) is 15.5. The first kappa shape index (κ1) is 16.5. The number of fused-ring (bicyclic) bond motifs is 1. The lowest BCUT2D eigenvalue weighted by Gasteiger charge is -2.26. The molecule has 28 heavy (non-hydrogen) atoms. The van der Waals surface area contributed by atoms with E-state index in [4.69, 9.17) is 0 Å². The Hall–Kier alpha value is -3.66. The molecule has 0 saturated carbocycles. The third kappa shape index (κ3) is 2.54. The zero-order chi connectivity index (χ0) is 19.1. The Bertz CT molecular complexity index is 1130. The van der Waals surface area contributed by atoms with Crippen LogP contribution in [0.2, 0.25) is 0 Å². The van der Waals surface area contributed by atoms with E-state index in [0.29, 0.717) is 5.69 Å². The monoisotopic (exact) mass is 365 g/mol. The number of aryl methyl sites for hydroxylation is 1. The van der Waals surface area contributed by atoms with E-state index < -0.39 is 0 Å². The molecule has 3 aromatic carbocycles. The van der Waals surface area contributed by atoms with Gasteiger partial charge in [-0.25, -0.2) is 0 Å². The van der Waals surface area contributed by atoms with Crippen molar-refractivity contribution >= 4 is 11.6 Å². The fourth-order valence-electron chi connectivity index (χ4n) is 3.88. The predicted molar refractivity (Wildman–Crippen MR) is 110 cm³/mol. The van der Waals surface area contributed by atoms with E-state index in [0.717, 1.165) is 28.1 Å². The van der Waals surface area contributed by atoms with Gasteiger partial charge >= 0.3 is 0 Å². The predicted octanol–water partition coefficient (Wildman–Crippen LogP) is 5.13. The van der Waals surface area contributed by atoms with Crippen LogP contribution in [-0.2, 0) is 0 Å². The van der Waals surface area contributed by atoms with E-state index >= 15 is 0 Å². The largest absolute Gasteiger partial charge is 0.295 e. The average Bonchev–Trinajstić information content (AvgIpc) is 3.29. The fourth-order valence-corrected chi connectivity index (χ4v) is 3.88. The SMILES string of the molecule is Cc1ccc(-c2n[nH]c3c2[C@H](c2ccccc2)N(c2ccccc2)C3=O)cc1. The number of carbonyl (C=O) groups is 1. The minimum atomic E-state index is -0.221. The zero-order valence-corrected chi connectivity index (χ0v) is 15.5. The Morgan fingerprint density at radius 3 is 2.18 bits per heavy atom. The van der Waals surface area contributed by atoms with Crippen LogP contribution in [0.5, 0.6) is 0 Å². The number of rotatable bonds is 3. The second-order valence-corrected chi connectivity index (χ2v) is 7.05. The van der Waals surface area contributed by atoms with Crippen LogP contribution < -0.4 is 4.90 Å². The number of anilines is 1. The summed E-state index contributed by atoms with van der Waals surface area (Å²) in [6, 6.07) is 28.0. The summed E-state index contributed by atoms with van der Waals surface area (Å²) in [6.45, 7) is 2.06. The number of hydrogen-bond donors (Lipinski definition) is 1. The van der Waals surface area contributed by atoms with E-state index in [9.17, 15) is 4.79 Å². The van der Waals surface area contributed by atoms with Gasteiger partial charge in [0, 0.05) is 16.8 Å². The average molecular weight is 365 g/mol. The number of benzene rings is 3. The summed E-state index contributed by atoms with van der Waals surface area (Å²) in [5.74, 6) is -0.0547. The highest BCUT2D eigenvalue weighted by Gasteiger charge is 2.42. The summed E-state index contributed by atoms with van der Waals surface area (Å²) in [6.07, 6.45) is 0. The number of aromatic nitrogens is 2. The quantitative estimate of drug-likeness (QED) is 0.547. The number of hydrogen-bond acceptors (Lipinski definition) is 2. The highest BCUT2D eigenvalue weighted by molar-refractivity contribution is 6.11. The van der Waals surface area contributed by atoms with E-state index in [1.165, 1.54) is 5.56 Å². The van der Waals surface area contributed by atoms with Gasteiger partial charge in [0.25, 0.3) is 5.91 Å². The maximum Gasteiger partial charge on any atom is 0.277 e. The lowest BCUT2D eigenvalue weighted by molar-refractivity contribution is 0.0989. The smallest absolute Gasteiger partial charge is 0.277 e. The van der Waals surface area contributed by atoms with Gasteiger partial charge in [-0.3, -0.25) is 14.8 Å². The standard InChI is InChI=1S/C24H19N3O/c1-16-12-14-17(15-13-16)21-20-22(26-25-21)24(28)27(19-10-6-3-7-11-19)23(20)18-8-4-2-5-9-18/h2-15,23H,1H3,(H,25,26)/t23-/m0/s1. The van der Waals surface area contributed by atoms with E-state index in [1.54, 1.807) is 0 Å². The third-order valence-corrected chi connectivity index (χ3v) is 5.24. The number of para-hydroxylation sites is 1. The van der Waals surface area contributed by atoms with Crippen LogP contribution in [0.1, 0.15) is 33.2 Å². The molecule has 1 N–H and O–H groups in total.